The SMILES string of the molecule is Cc1ccc(S(=O)(=O)Nc2ccc(C(=N)N)cc2)cc1C. The maximum atomic E-state index is 12.3. The molecule has 2 aromatic carbocycles. The lowest BCUT2D eigenvalue weighted by Crippen LogP contribution is -2.14. The molecule has 0 amide bonds. The molecule has 0 heterocycles. The molecule has 0 aliphatic heterocycles. The zero-order chi connectivity index (χ0) is 15.6. The van der Waals surface area contributed by atoms with Crippen LogP contribution in [0.25, 0.3) is 0 Å². The van der Waals surface area contributed by atoms with Gasteiger partial charge in [0.1, 0.15) is 5.84 Å². The lowest BCUT2D eigenvalue weighted by molar-refractivity contribution is 0.601. The number of benzene rings is 2. The van der Waals surface area contributed by atoms with Crippen molar-refractivity contribution in [2.24, 2.45) is 5.73 Å². The van der Waals surface area contributed by atoms with Gasteiger partial charge in [-0.25, -0.2) is 8.42 Å². The third-order valence-corrected chi connectivity index (χ3v) is 4.62. The molecule has 0 atom stereocenters. The van der Waals surface area contributed by atoms with Crippen molar-refractivity contribution in [2.45, 2.75) is 18.7 Å². The summed E-state index contributed by atoms with van der Waals surface area (Å²) in [6.07, 6.45) is 0. The van der Waals surface area contributed by atoms with Crippen LogP contribution in [0.15, 0.2) is 47.4 Å². The third-order valence-electron chi connectivity index (χ3n) is 3.24. The van der Waals surface area contributed by atoms with Crippen LogP contribution in [0, 0.1) is 19.3 Å². The fraction of sp³-hybridized carbons (Fsp3) is 0.133. The van der Waals surface area contributed by atoms with Crippen LogP contribution in [0.4, 0.5) is 5.69 Å². The second-order valence-electron chi connectivity index (χ2n) is 4.84. The predicted octanol–water partition coefficient (Wildman–Crippen LogP) is 2.39. The Kier molecular flexibility index (Phi) is 3.99. The Hall–Kier alpha value is -2.34. The molecule has 0 bridgehead atoms. The second kappa shape index (κ2) is 5.57. The first-order valence-corrected chi connectivity index (χ1v) is 7.82. The number of amidine groups is 1. The van der Waals surface area contributed by atoms with Crippen LogP contribution in [0.1, 0.15) is 16.7 Å². The van der Waals surface area contributed by atoms with Crippen LogP contribution in [0.5, 0.6) is 0 Å². The molecule has 0 aromatic heterocycles. The second-order valence-corrected chi connectivity index (χ2v) is 6.52. The van der Waals surface area contributed by atoms with Crippen molar-refractivity contribution in [3.8, 4) is 0 Å². The van der Waals surface area contributed by atoms with Gasteiger partial charge in [-0.3, -0.25) is 10.1 Å². The topological polar surface area (TPSA) is 96.0 Å². The monoisotopic (exact) mass is 303 g/mol. The smallest absolute Gasteiger partial charge is 0.261 e. The molecule has 0 radical (unpaired) electrons. The van der Waals surface area contributed by atoms with Gasteiger partial charge in [-0.05, 0) is 61.4 Å². The van der Waals surface area contributed by atoms with Crippen LogP contribution >= 0.6 is 0 Å². The molecule has 0 saturated heterocycles. The Bertz CT molecular complexity index is 781. The van der Waals surface area contributed by atoms with Crippen molar-refractivity contribution in [1.82, 2.24) is 0 Å². The molecule has 5 nitrogen and oxygen atoms in total. The predicted molar refractivity (Wildman–Crippen MR) is 84.2 cm³/mol. The molecular formula is C15H17N3O2S. The highest BCUT2D eigenvalue weighted by atomic mass is 32.2. The normalized spacial score (nSPS) is 11.1. The Morgan fingerprint density at radius 1 is 1.05 bits per heavy atom. The molecule has 4 N–H and O–H groups in total. The van der Waals surface area contributed by atoms with E-state index in [-0.39, 0.29) is 10.7 Å². The summed E-state index contributed by atoms with van der Waals surface area (Å²) >= 11 is 0. The van der Waals surface area contributed by atoms with Gasteiger partial charge < -0.3 is 5.73 Å². The zero-order valence-corrected chi connectivity index (χ0v) is 12.7. The van der Waals surface area contributed by atoms with E-state index in [4.69, 9.17) is 11.1 Å². The highest BCUT2D eigenvalue weighted by Gasteiger charge is 2.14. The Labute approximate surface area is 124 Å². The summed E-state index contributed by atoms with van der Waals surface area (Å²) in [6, 6.07) is 11.4. The maximum Gasteiger partial charge on any atom is 0.261 e. The largest absolute Gasteiger partial charge is 0.384 e. The number of anilines is 1. The minimum Gasteiger partial charge on any atom is -0.384 e. The number of rotatable bonds is 4. The third kappa shape index (κ3) is 3.41. The number of hydrogen-bond donors (Lipinski definition) is 3. The van der Waals surface area contributed by atoms with Crippen molar-refractivity contribution in [2.75, 3.05) is 4.72 Å². The molecule has 0 unspecified atom stereocenters. The van der Waals surface area contributed by atoms with Crippen LogP contribution in [0.3, 0.4) is 0 Å². The van der Waals surface area contributed by atoms with Crippen LogP contribution in [0.2, 0.25) is 0 Å². The summed E-state index contributed by atoms with van der Waals surface area (Å²) < 4.78 is 27.1. The van der Waals surface area contributed by atoms with Crippen molar-refractivity contribution in [3.05, 3.63) is 59.2 Å². The summed E-state index contributed by atoms with van der Waals surface area (Å²) in [4.78, 5) is 0.223. The summed E-state index contributed by atoms with van der Waals surface area (Å²) in [6.45, 7) is 3.80. The van der Waals surface area contributed by atoms with E-state index in [1.165, 1.54) is 0 Å². The van der Waals surface area contributed by atoms with Crippen molar-refractivity contribution >= 4 is 21.5 Å². The molecule has 110 valence electrons. The summed E-state index contributed by atoms with van der Waals surface area (Å²) in [5.41, 5.74) is 8.29. The van der Waals surface area contributed by atoms with Crippen molar-refractivity contribution in [3.63, 3.8) is 0 Å². The van der Waals surface area contributed by atoms with E-state index < -0.39 is 10.0 Å². The lowest BCUT2D eigenvalue weighted by atomic mass is 10.1. The van der Waals surface area contributed by atoms with Crippen LogP contribution < -0.4 is 10.5 Å². The maximum absolute atomic E-state index is 12.3. The molecule has 0 fully saturated rings. The van der Waals surface area contributed by atoms with Gasteiger partial charge in [-0.2, -0.15) is 0 Å². The van der Waals surface area contributed by atoms with Gasteiger partial charge in [0.15, 0.2) is 0 Å². The molecule has 6 heteroatoms. The van der Waals surface area contributed by atoms with Gasteiger partial charge in [-0.1, -0.05) is 6.07 Å². The molecule has 21 heavy (non-hydrogen) atoms. The molecule has 0 saturated carbocycles. The number of aryl methyl sites for hydroxylation is 2. The van der Waals surface area contributed by atoms with Gasteiger partial charge in [0.25, 0.3) is 10.0 Å². The van der Waals surface area contributed by atoms with Gasteiger partial charge in [-0.15, -0.1) is 0 Å². The first-order valence-electron chi connectivity index (χ1n) is 6.34. The molecule has 0 spiro atoms. The first kappa shape index (κ1) is 15.1. The van der Waals surface area contributed by atoms with E-state index in [9.17, 15) is 8.42 Å². The molecule has 2 rings (SSSR count). The van der Waals surface area contributed by atoms with Gasteiger partial charge in [0.2, 0.25) is 0 Å². The van der Waals surface area contributed by atoms with E-state index in [2.05, 4.69) is 4.72 Å². The van der Waals surface area contributed by atoms with Crippen molar-refractivity contribution < 1.29 is 8.42 Å². The van der Waals surface area contributed by atoms with Crippen molar-refractivity contribution in [1.29, 1.82) is 5.41 Å². The van der Waals surface area contributed by atoms with E-state index in [0.717, 1.165) is 11.1 Å². The Morgan fingerprint density at radius 2 is 1.67 bits per heavy atom. The fourth-order valence-corrected chi connectivity index (χ4v) is 2.96. The minimum absolute atomic E-state index is 0.0569. The summed E-state index contributed by atoms with van der Waals surface area (Å²) in [5.74, 6) is -0.0569. The lowest BCUT2D eigenvalue weighted by Gasteiger charge is -2.10. The number of nitrogens with two attached hydrogens (primary N) is 1. The number of nitrogens with one attached hydrogen (secondary N) is 2. The summed E-state index contributed by atoms with van der Waals surface area (Å²) in [5, 5.41) is 7.30. The molecular weight excluding hydrogens is 286 g/mol. The average Bonchev–Trinajstić information content (AvgIpc) is 2.42. The first-order chi connectivity index (χ1) is 9.79. The minimum atomic E-state index is -3.62. The van der Waals surface area contributed by atoms with Gasteiger partial charge >= 0.3 is 0 Å². The van der Waals surface area contributed by atoms with E-state index in [0.29, 0.717) is 11.3 Å². The molecule has 0 aliphatic rings. The van der Waals surface area contributed by atoms with Crippen LogP contribution in [-0.4, -0.2) is 14.3 Å². The van der Waals surface area contributed by atoms with Crippen LogP contribution in [-0.2, 0) is 10.0 Å². The number of nitrogen functional groups attached to an aromatic ring is 1. The number of hydrogen-bond acceptors (Lipinski definition) is 3. The number of sulfonamides is 1. The Morgan fingerprint density at radius 3 is 2.19 bits per heavy atom. The Balaban J connectivity index is 2.28. The van der Waals surface area contributed by atoms with Gasteiger partial charge in [0, 0.05) is 11.3 Å². The molecule has 0 aliphatic carbocycles. The highest BCUT2D eigenvalue weighted by molar-refractivity contribution is 7.92. The fourth-order valence-electron chi connectivity index (χ4n) is 1.81. The van der Waals surface area contributed by atoms with E-state index >= 15 is 0 Å². The zero-order valence-electron chi connectivity index (χ0n) is 11.8. The van der Waals surface area contributed by atoms with Gasteiger partial charge in [0.05, 0.1) is 4.90 Å². The standard InChI is InChI=1S/C15H17N3O2S/c1-10-3-8-14(9-11(10)2)21(19,20)18-13-6-4-12(5-7-13)15(16)17/h3-9,18H,1-2H3,(H3,16,17). The van der Waals surface area contributed by atoms with E-state index in [1.54, 1.807) is 42.5 Å². The summed E-state index contributed by atoms with van der Waals surface area (Å²) in [7, 11) is -3.62. The quantitative estimate of drug-likeness (QED) is 0.597. The average molecular weight is 303 g/mol. The molecule has 2 aromatic rings. The highest BCUT2D eigenvalue weighted by Crippen LogP contribution is 2.19. The van der Waals surface area contributed by atoms with E-state index in [1.807, 2.05) is 13.8 Å².